The van der Waals surface area contributed by atoms with Crippen molar-refractivity contribution in [3.63, 3.8) is 0 Å². The maximum absolute atomic E-state index is 13.1. The molecule has 0 aliphatic carbocycles. The van der Waals surface area contributed by atoms with Crippen molar-refractivity contribution in [3.05, 3.63) is 59.6 Å². The predicted octanol–water partition coefficient (Wildman–Crippen LogP) is 3.65. The van der Waals surface area contributed by atoms with Crippen LogP contribution >= 0.6 is 0 Å². The van der Waals surface area contributed by atoms with Gasteiger partial charge in [-0.3, -0.25) is 9.48 Å². The van der Waals surface area contributed by atoms with Gasteiger partial charge in [0, 0.05) is 25.9 Å². The Morgan fingerprint density at radius 3 is 2.80 bits per heavy atom. The molecule has 8 heteroatoms. The topological polar surface area (TPSA) is 95.1 Å². The molecule has 154 valence electrons. The van der Waals surface area contributed by atoms with Crippen molar-refractivity contribution >= 4 is 16.9 Å². The van der Waals surface area contributed by atoms with Crippen molar-refractivity contribution in [3.8, 4) is 17.3 Å². The molecule has 0 bridgehead atoms. The molecule has 0 saturated carbocycles. The molecule has 0 saturated heterocycles. The van der Waals surface area contributed by atoms with Gasteiger partial charge in [0.05, 0.1) is 29.0 Å². The van der Waals surface area contributed by atoms with E-state index in [2.05, 4.69) is 20.4 Å². The number of nitrogens with one attached hydrogen (secondary N) is 1. The number of amides is 1. The first-order chi connectivity index (χ1) is 14.4. The maximum atomic E-state index is 13.1. The number of furan rings is 1. The van der Waals surface area contributed by atoms with E-state index in [0.717, 1.165) is 16.6 Å². The second kappa shape index (κ2) is 7.98. The first kappa shape index (κ1) is 19.6. The van der Waals surface area contributed by atoms with Crippen molar-refractivity contribution in [2.24, 2.45) is 7.05 Å². The van der Waals surface area contributed by atoms with Gasteiger partial charge in [0.15, 0.2) is 11.4 Å². The second-order valence-corrected chi connectivity index (χ2v) is 7.29. The molecule has 0 aromatic carbocycles. The van der Waals surface area contributed by atoms with Crippen LogP contribution < -0.4 is 10.1 Å². The number of carbonyl (C=O) groups is 1. The van der Waals surface area contributed by atoms with Crippen molar-refractivity contribution in [2.75, 3.05) is 0 Å². The Bertz CT molecular complexity index is 1180. The zero-order valence-corrected chi connectivity index (χ0v) is 17.3. The van der Waals surface area contributed by atoms with Crippen LogP contribution in [0.25, 0.3) is 22.5 Å². The third-order valence-corrected chi connectivity index (χ3v) is 4.59. The Kier molecular flexibility index (Phi) is 5.22. The monoisotopic (exact) mass is 405 g/mol. The molecule has 4 aromatic heterocycles. The number of fused-ring (bicyclic) bond motifs is 1. The molecule has 0 spiro atoms. The van der Waals surface area contributed by atoms with Crippen LogP contribution in [0.3, 0.4) is 0 Å². The first-order valence-electron chi connectivity index (χ1n) is 9.70. The van der Waals surface area contributed by atoms with E-state index in [9.17, 15) is 4.79 Å². The summed E-state index contributed by atoms with van der Waals surface area (Å²) in [6, 6.07) is 9.02. The van der Waals surface area contributed by atoms with E-state index in [4.69, 9.17) is 9.15 Å². The van der Waals surface area contributed by atoms with Crippen LogP contribution in [0.5, 0.6) is 5.88 Å². The summed E-state index contributed by atoms with van der Waals surface area (Å²) in [6.07, 6.45) is 3.34. The summed E-state index contributed by atoms with van der Waals surface area (Å²) in [6.45, 7) is 6.10. The number of aryl methyl sites for hydroxylation is 2. The fraction of sp³-hybridized carbons (Fsp3) is 0.273. The normalized spacial score (nSPS) is 11.2. The quantitative estimate of drug-likeness (QED) is 0.526. The highest BCUT2D eigenvalue weighted by Crippen LogP contribution is 2.27. The van der Waals surface area contributed by atoms with Crippen LogP contribution in [-0.2, 0) is 13.6 Å². The number of hydrogen-bond donors (Lipinski definition) is 1. The van der Waals surface area contributed by atoms with Gasteiger partial charge in [0.2, 0.25) is 5.88 Å². The lowest BCUT2D eigenvalue weighted by molar-refractivity contribution is 0.0952. The average Bonchev–Trinajstić information content (AvgIpc) is 3.35. The van der Waals surface area contributed by atoms with Crippen molar-refractivity contribution in [2.45, 2.75) is 33.4 Å². The molecule has 4 heterocycles. The molecule has 0 aliphatic heterocycles. The summed E-state index contributed by atoms with van der Waals surface area (Å²) in [4.78, 5) is 22.0. The number of hydrogen-bond acceptors (Lipinski definition) is 6. The standard InChI is InChI=1S/C22H23N5O3/c1-13(2)30-19-8-7-15(11-23-19)12-24-22(28)16-10-17(18-6-5-9-29-18)25-21-20(16)14(3)26-27(21)4/h5-11,13H,12H2,1-4H3,(H,24,28). The van der Waals surface area contributed by atoms with Gasteiger partial charge in [-0.15, -0.1) is 0 Å². The molecule has 0 atom stereocenters. The first-order valence-corrected chi connectivity index (χ1v) is 9.70. The molecule has 0 fully saturated rings. The van der Waals surface area contributed by atoms with Gasteiger partial charge >= 0.3 is 0 Å². The number of aromatic nitrogens is 4. The predicted molar refractivity (Wildman–Crippen MR) is 112 cm³/mol. The second-order valence-electron chi connectivity index (χ2n) is 7.29. The number of rotatable bonds is 6. The van der Waals surface area contributed by atoms with Gasteiger partial charge in [-0.25, -0.2) is 9.97 Å². The molecule has 1 N–H and O–H groups in total. The molecule has 1 amide bonds. The number of nitrogens with zero attached hydrogens (tertiary/aromatic N) is 4. The lowest BCUT2D eigenvalue weighted by Crippen LogP contribution is -2.23. The molecule has 0 radical (unpaired) electrons. The summed E-state index contributed by atoms with van der Waals surface area (Å²) in [5, 5.41) is 8.11. The van der Waals surface area contributed by atoms with Crippen LogP contribution in [-0.4, -0.2) is 31.8 Å². The van der Waals surface area contributed by atoms with E-state index >= 15 is 0 Å². The van der Waals surface area contributed by atoms with E-state index in [-0.39, 0.29) is 12.0 Å². The van der Waals surface area contributed by atoms with Gasteiger partial charge in [0.25, 0.3) is 5.91 Å². The van der Waals surface area contributed by atoms with Gasteiger partial charge < -0.3 is 14.5 Å². The Morgan fingerprint density at radius 2 is 2.13 bits per heavy atom. The van der Waals surface area contributed by atoms with E-state index < -0.39 is 0 Å². The average molecular weight is 405 g/mol. The van der Waals surface area contributed by atoms with Crippen LogP contribution in [0.4, 0.5) is 0 Å². The highest BCUT2D eigenvalue weighted by Gasteiger charge is 2.20. The van der Waals surface area contributed by atoms with Gasteiger partial charge in [-0.2, -0.15) is 5.10 Å². The summed E-state index contributed by atoms with van der Waals surface area (Å²) in [5.74, 6) is 0.938. The maximum Gasteiger partial charge on any atom is 0.252 e. The largest absolute Gasteiger partial charge is 0.475 e. The Balaban J connectivity index is 1.61. The lowest BCUT2D eigenvalue weighted by Gasteiger charge is -2.10. The molecule has 8 nitrogen and oxygen atoms in total. The van der Waals surface area contributed by atoms with Gasteiger partial charge in [-0.1, -0.05) is 6.07 Å². The number of carbonyl (C=O) groups excluding carboxylic acids is 1. The summed E-state index contributed by atoms with van der Waals surface area (Å²) >= 11 is 0. The molecule has 30 heavy (non-hydrogen) atoms. The molecule has 4 rings (SSSR count). The third kappa shape index (κ3) is 3.89. The molecule has 4 aromatic rings. The highest BCUT2D eigenvalue weighted by atomic mass is 16.5. The van der Waals surface area contributed by atoms with Crippen molar-refractivity contribution < 1.29 is 13.9 Å². The fourth-order valence-electron chi connectivity index (χ4n) is 3.28. The molecule has 0 aliphatic rings. The van der Waals surface area contributed by atoms with E-state index in [1.807, 2.05) is 40.0 Å². The minimum Gasteiger partial charge on any atom is -0.475 e. The zero-order valence-electron chi connectivity index (χ0n) is 17.3. The minimum absolute atomic E-state index is 0.0585. The summed E-state index contributed by atoms with van der Waals surface area (Å²) in [7, 11) is 1.81. The fourth-order valence-corrected chi connectivity index (χ4v) is 3.28. The third-order valence-electron chi connectivity index (χ3n) is 4.59. The van der Waals surface area contributed by atoms with Crippen LogP contribution in [0.15, 0.2) is 47.2 Å². The molecular weight excluding hydrogens is 382 g/mol. The van der Waals surface area contributed by atoms with Gasteiger partial charge in [-0.05, 0) is 44.5 Å². The van der Waals surface area contributed by atoms with Crippen LogP contribution in [0, 0.1) is 6.92 Å². The lowest BCUT2D eigenvalue weighted by atomic mass is 10.1. The number of pyridine rings is 2. The van der Waals surface area contributed by atoms with Crippen molar-refractivity contribution in [1.82, 2.24) is 25.1 Å². The summed E-state index contributed by atoms with van der Waals surface area (Å²) < 4.78 is 12.7. The Morgan fingerprint density at radius 1 is 1.30 bits per heavy atom. The summed E-state index contributed by atoms with van der Waals surface area (Å²) in [5.41, 5.74) is 3.33. The zero-order chi connectivity index (χ0) is 21.3. The van der Waals surface area contributed by atoms with Crippen molar-refractivity contribution in [1.29, 1.82) is 0 Å². The Labute approximate surface area is 173 Å². The highest BCUT2D eigenvalue weighted by molar-refractivity contribution is 6.07. The SMILES string of the molecule is Cc1nn(C)c2nc(-c3ccco3)cc(C(=O)NCc3ccc(OC(C)C)nc3)c12. The van der Waals surface area contributed by atoms with E-state index in [1.165, 1.54) is 0 Å². The van der Waals surface area contributed by atoms with Gasteiger partial charge in [0.1, 0.15) is 5.69 Å². The number of ether oxygens (including phenoxy) is 1. The molecule has 0 unspecified atom stereocenters. The van der Waals surface area contributed by atoms with Crippen LogP contribution in [0.2, 0.25) is 0 Å². The van der Waals surface area contributed by atoms with E-state index in [0.29, 0.717) is 35.1 Å². The van der Waals surface area contributed by atoms with E-state index in [1.54, 1.807) is 35.3 Å². The van der Waals surface area contributed by atoms with Crippen LogP contribution in [0.1, 0.15) is 35.5 Å². The minimum atomic E-state index is -0.214. The smallest absolute Gasteiger partial charge is 0.252 e. The molecular formula is C22H23N5O3. The Hall–Kier alpha value is -3.68.